The lowest BCUT2D eigenvalue weighted by molar-refractivity contribution is -0.138. The van der Waals surface area contributed by atoms with Crippen LogP contribution in [0, 0.1) is 25.2 Å². The van der Waals surface area contributed by atoms with Crippen LogP contribution in [-0.2, 0) is 9.53 Å². The summed E-state index contributed by atoms with van der Waals surface area (Å²) in [4.78, 5) is 13.2. The van der Waals surface area contributed by atoms with E-state index in [4.69, 9.17) is 0 Å². The summed E-state index contributed by atoms with van der Waals surface area (Å²) in [6, 6.07) is 2.14. The summed E-state index contributed by atoms with van der Waals surface area (Å²) in [6.07, 6.45) is 0.830. The van der Waals surface area contributed by atoms with Gasteiger partial charge in [-0.05, 0) is 25.8 Å². The molecule has 0 amide bonds. The van der Waals surface area contributed by atoms with E-state index in [1.165, 1.54) is 7.11 Å². The second-order valence-electron chi connectivity index (χ2n) is 4.22. The van der Waals surface area contributed by atoms with Gasteiger partial charge in [-0.3, -0.25) is 4.79 Å². The number of aromatic nitrogens is 2. The van der Waals surface area contributed by atoms with E-state index in [2.05, 4.69) is 21.0 Å². The van der Waals surface area contributed by atoms with Crippen LogP contribution in [0.3, 0.4) is 0 Å². The van der Waals surface area contributed by atoms with Crippen LogP contribution in [0.5, 0.6) is 0 Å². The Morgan fingerprint density at radius 2 is 2.11 bits per heavy atom. The van der Waals surface area contributed by atoms with E-state index in [0.29, 0.717) is 17.9 Å². The van der Waals surface area contributed by atoms with Gasteiger partial charge in [0.2, 0.25) is 0 Å². The van der Waals surface area contributed by atoms with Crippen molar-refractivity contribution in [2.24, 2.45) is 0 Å². The van der Waals surface area contributed by atoms with E-state index in [0.717, 1.165) is 17.7 Å². The minimum atomic E-state index is -0.364. The quantitative estimate of drug-likeness (QED) is 0.745. The van der Waals surface area contributed by atoms with Crippen molar-refractivity contribution in [1.82, 2.24) is 10.2 Å². The summed E-state index contributed by atoms with van der Waals surface area (Å²) in [5, 5.41) is 17.4. The molecule has 1 aromatic heterocycles. The van der Waals surface area contributed by atoms with Crippen LogP contribution in [0.15, 0.2) is 0 Å². The number of nitrogens with zero attached hydrogens (tertiary/aromatic N) is 4. The van der Waals surface area contributed by atoms with E-state index in [-0.39, 0.29) is 12.5 Å². The summed E-state index contributed by atoms with van der Waals surface area (Å²) in [5.74, 6) is 0.0789. The largest absolute Gasteiger partial charge is 0.468 e. The lowest BCUT2D eigenvalue weighted by atomic mass is 10.1. The van der Waals surface area contributed by atoms with Crippen molar-refractivity contribution in [1.29, 1.82) is 5.26 Å². The number of anilines is 1. The number of methoxy groups -OCH3 is 1. The average Bonchev–Trinajstić information content (AvgIpc) is 2.41. The van der Waals surface area contributed by atoms with E-state index < -0.39 is 0 Å². The highest BCUT2D eigenvalue weighted by molar-refractivity contribution is 5.76. The molecule has 0 bridgehead atoms. The van der Waals surface area contributed by atoms with Gasteiger partial charge in [0.05, 0.1) is 12.8 Å². The highest BCUT2D eigenvalue weighted by Crippen LogP contribution is 2.21. The summed E-state index contributed by atoms with van der Waals surface area (Å²) in [5.41, 5.74) is 1.97. The van der Waals surface area contributed by atoms with Crippen molar-refractivity contribution in [3.63, 3.8) is 0 Å². The molecule has 6 nitrogen and oxygen atoms in total. The van der Waals surface area contributed by atoms with Crippen molar-refractivity contribution in [2.45, 2.75) is 27.2 Å². The summed E-state index contributed by atoms with van der Waals surface area (Å²) >= 11 is 0. The third kappa shape index (κ3) is 3.41. The van der Waals surface area contributed by atoms with Gasteiger partial charge in [-0.15, -0.1) is 5.10 Å². The number of hydrogen-bond acceptors (Lipinski definition) is 6. The number of aryl methyl sites for hydroxylation is 1. The van der Waals surface area contributed by atoms with Gasteiger partial charge >= 0.3 is 5.97 Å². The maximum atomic E-state index is 11.4. The molecule has 102 valence electrons. The first-order valence-electron chi connectivity index (χ1n) is 6.10. The van der Waals surface area contributed by atoms with E-state index in [1.807, 2.05) is 13.8 Å². The van der Waals surface area contributed by atoms with Crippen LogP contribution in [0.25, 0.3) is 0 Å². The molecule has 0 aromatic carbocycles. The molecule has 1 heterocycles. The molecule has 0 fully saturated rings. The second kappa shape index (κ2) is 6.69. The van der Waals surface area contributed by atoms with Crippen LogP contribution in [0.2, 0.25) is 0 Å². The van der Waals surface area contributed by atoms with Gasteiger partial charge in [0, 0.05) is 6.54 Å². The molecule has 0 aliphatic carbocycles. The van der Waals surface area contributed by atoms with Crippen molar-refractivity contribution < 1.29 is 9.53 Å². The Labute approximate surface area is 113 Å². The van der Waals surface area contributed by atoms with E-state index >= 15 is 0 Å². The van der Waals surface area contributed by atoms with Crippen LogP contribution in [0.1, 0.15) is 30.2 Å². The van der Waals surface area contributed by atoms with Gasteiger partial charge in [0.15, 0.2) is 5.82 Å². The van der Waals surface area contributed by atoms with Crippen LogP contribution >= 0.6 is 0 Å². The molecule has 0 atom stereocenters. The number of ether oxygens (including phenoxy) is 1. The molecule has 0 spiro atoms. The predicted molar refractivity (Wildman–Crippen MR) is 70.7 cm³/mol. The number of rotatable bonds is 5. The Balaban J connectivity index is 3.19. The molecule has 0 unspecified atom stereocenters. The highest BCUT2D eigenvalue weighted by Gasteiger charge is 2.19. The molecule has 0 radical (unpaired) electrons. The Kier molecular flexibility index (Phi) is 5.24. The highest BCUT2D eigenvalue weighted by atomic mass is 16.5. The molecule has 0 aliphatic rings. The first-order valence-corrected chi connectivity index (χ1v) is 6.10. The number of hydrogen-bond donors (Lipinski definition) is 0. The molecule has 0 aliphatic heterocycles. The van der Waals surface area contributed by atoms with Gasteiger partial charge in [0.25, 0.3) is 0 Å². The fourth-order valence-electron chi connectivity index (χ4n) is 1.70. The molecular weight excluding hydrogens is 244 g/mol. The van der Waals surface area contributed by atoms with Gasteiger partial charge in [-0.2, -0.15) is 10.4 Å². The normalized spacial score (nSPS) is 9.84. The fourth-order valence-corrected chi connectivity index (χ4v) is 1.70. The lowest BCUT2D eigenvalue weighted by Gasteiger charge is -2.22. The van der Waals surface area contributed by atoms with Crippen molar-refractivity contribution in [2.75, 3.05) is 25.1 Å². The van der Waals surface area contributed by atoms with Gasteiger partial charge in [-0.1, -0.05) is 6.92 Å². The average molecular weight is 262 g/mol. The Morgan fingerprint density at radius 3 is 2.63 bits per heavy atom. The first-order chi connectivity index (χ1) is 9.04. The number of carbonyl (C=O) groups is 1. The zero-order valence-electron chi connectivity index (χ0n) is 11.7. The Bertz CT molecular complexity index is 508. The third-order valence-corrected chi connectivity index (χ3v) is 2.89. The topological polar surface area (TPSA) is 79.1 Å². The maximum Gasteiger partial charge on any atom is 0.325 e. The lowest BCUT2D eigenvalue weighted by Crippen LogP contribution is -2.33. The molecule has 1 rings (SSSR count). The summed E-state index contributed by atoms with van der Waals surface area (Å²) < 4.78 is 4.66. The minimum Gasteiger partial charge on any atom is -0.468 e. The van der Waals surface area contributed by atoms with Crippen molar-refractivity contribution in [3.05, 3.63) is 16.8 Å². The van der Waals surface area contributed by atoms with Gasteiger partial charge in [0.1, 0.15) is 18.2 Å². The first kappa shape index (κ1) is 14.9. The zero-order chi connectivity index (χ0) is 14.4. The molecule has 1 aromatic rings. The van der Waals surface area contributed by atoms with Crippen LogP contribution in [0.4, 0.5) is 5.82 Å². The summed E-state index contributed by atoms with van der Waals surface area (Å²) in [6.45, 7) is 6.30. The minimum absolute atomic E-state index is 0.0657. The predicted octanol–water partition coefficient (Wildman–Crippen LogP) is 1.35. The molecule has 0 saturated heterocycles. The zero-order valence-corrected chi connectivity index (χ0v) is 11.7. The number of esters is 1. The maximum absolute atomic E-state index is 11.4. The Morgan fingerprint density at radius 1 is 1.42 bits per heavy atom. The molecular formula is C13H18N4O2. The van der Waals surface area contributed by atoms with Crippen LogP contribution in [-0.4, -0.2) is 36.4 Å². The van der Waals surface area contributed by atoms with Crippen LogP contribution < -0.4 is 4.90 Å². The number of nitriles is 1. The fraction of sp³-hybridized carbons (Fsp3) is 0.538. The van der Waals surface area contributed by atoms with E-state index in [1.54, 1.807) is 11.8 Å². The summed E-state index contributed by atoms with van der Waals surface area (Å²) in [7, 11) is 1.34. The Hall–Kier alpha value is -2.16. The monoisotopic (exact) mass is 262 g/mol. The molecule has 0 N–H and O–H groups in total. The molecule has 19 heavy (non-hydrogen) atoms. The van der Waals surface area contributed by atoms with Crippen molar-refractivity contribution >= 4 is 11.8 Å². The second-order valence-corrected chi connectivity index (χ2v) is 4.22. The van der Waals surface area contributed by atoms with Gasteiger partial charge < -0.3 is 9.64 Å². The standard InChI is InChI=1S/C13H18N4O2/c1-5-6-17(8-12(18)19-4)13-11(7-14)9(2)10(3)15-16-13/h5-6,8H2,1-4H3. The molecule has 6 heteroatoms. The number of carbonyl (C=O) groups excluding carboxylic acids is 1. The smallest absolute Gasteiger partial charge is 0.325 e. The van der Waals surface area contributed by atoms with E-state index in [9.17, 15) is 10.1 Å². The molecule has 0 saturated carbocycles. The van der Waals surface area contributed by atoms with Crippen molar-refractivity contribution in [3.8, 4) is 6.07 Å². The van der Waals surface area contributed by atoms with Gasteiger partial charge in [-0.25, -0.2) is 0 Å². The third-order valence-electron chi connectivity index (χ3n) is 2.89. The SMILES string of the molecule is CCCN(CC(=O)OC)c1nnc(C)c(C)c1C#N.